The van der Waals surface area contributed by atoms with Crippen LogP contribution in [0, 0.1) is 11.2 Å². The van der Waals surface area contributed by atoms with Gasteiger partial charge in [0.1, 0.15) is 24.0 Å². The molecule has 0 aliphatic carbocycles. The fourth-order valence-electron chi connectivity index (χ4n) is 3.18. The zero-order valence-corrected chi connectivity index (χ0v) is 18.8. The van der Waals surface area contributed by atoms with Crippen LogP contribution < -0.4 is 15.8 Å². The minimum Gasteiger partial charge on any atom is -0.481 e. The van der Waals surface area contributed by atoms with Gasteiger partial charge in [0.25, 0.3) is 0 Å². The van der Waals surface area contributed by atoms with Gasteiger partial charge < -0.3 is 15.2 Å². The Morgan fingerprint density at radius 2 is 1.91 bits per heavy atom. The number of nitrogen functional groups attached to an aromatic ring is 1. The molecule has 0 aliphatic rings. The molecular weight excluding hydrogens is 465 g/mol. The number of fused-ring (bicyclic) bond motifs is 1. The molecule has 4 N–H and O–H groups in total. The van der Waals surface area contributed by atoms with E-state index in [-0.39, 0.29) is 23.2 Å². The van der Waals surface area contributed by atoms with E-state index in [1.807, 2.05) is 54.6 Å². The number of nitrogens with one attached hydrogen (secondary N) is 2. The number of carbonyl (C=O) groups is 1. The molecule has 9 heteroatoms. The zero-order chi connectivity index (χ0) is 23.4. The number of anilines is 1. The number of rotatable bonds is 7. The monoisotopic (exact) mass is 483 g/mol. The number of ether oxygens (including phenoxy) is 2. The van der Waals surface area contributed by atoms with Crippen molar-refractivity contribution in [1.29, 1.82) is 5.41 Å². The molecule has 1 unspecified atom stereocenters. The van der Waals surface area contributed by atoms with E-state index < -0.39 is 18.0 Å². The van der Waals surface area contributed by atoms with E-state index in [0.29, 0.717) is 10.6 Å². The molecule has 4 aromatic rings. The number of thiophene rings is 1. The van der Waals surface area contributed by atoms with E-state index in [1.165, 1.54) is 23.5 Å². The van der Waals surface area contributed by atoms with E-state index in [1.54, 1.807) is 0 Å². The molecule has 4 rings (SSSR count). The average Bonchev–Trinajstić information content (AvgIpc) is 3.25. The van der Waals surface area contributed by atoms with E-state index in [0.717, 1.165) is 21.7 Å². The van der Waals surface area contributed by atoms with Gasteiger partial charge in [-0.05, 0) is 42.0 Å². The van der Waals surface area contributed by atoms with Crippen molar-refractivity contribution in [2.75, 3.05) is 11.9 Å². The fourth-order valence-corrected chi connectivity index (χ4v) is 4.33. The smallest absolute Gasteiger partial charge is 0.411 e. The second kappa shape index (κ2) is 9.89. The minimum absolute atomic E-state index is 0.0128. The summed E-state index contributed by atoms with van der Waals surface area (Å²) < 4.78 is 25.8. The second-order valence-electron chi connectivity index (χ2n) is 7.06. The Balaban J connectivity index is 1.53. The lowest BCUT2D eigenvalue weighted by Gasteiger charge is -2.20. The van der Waals surface area contributed by atoms with Gasteiger partial charge in [0, 0.05) is 10.1 Å². The van der Waals surface area contributed by atoms with E-state index in [9.17, 15) is 9.18 Å². The van der Waals surface area contributed by atoms with Crippen LogP contribution in [0.1, 0.15) is 16.5 Å². The lowest BCUT2D eigenvalue weighted by atomic mass is 10.1. The lowest BCUT2D eigenvalue weighted by molar-refractivity contribution is 0.0910. The Hall–Kier alpha value is -3.62. The second-order valence-corrected chi connectivity index (χ2v) is 8.55. The molecule has 0 spiro atoms. The van der Waals surface area contributed by atoms with Gasteiger partial charge in [-0.3, -0.25) is 10.7 Å². The van der Waals surface area contributed by atoms with Gasteiger partial charge in [0.2, 0.25) is 0 Å². The standard InChI is InChI=1S/C24H19ClFN3O3S/c25-17-11-15(26)9-10-18(17)29-24(30)31-13-20(14-5-2-1-3-6-14)32-19-7-4-8-21-16(19)12-22(33-21)23(27)28/h1-12,20H,13H2,(H3,27,28)(H,29,30). The van der Waals surface area contributed by atoms with Crippen LogP contribution in [0.3, 0.4) is 0 Å². The summed E-state index contributed by atoms with van der Waals surface area (Å²) in [5.74, 6) is 0.0592. The largest absolute Gasteiger partial charge is 0.481 e. The number of halogens is 2. The number of carbonyl (C=O) groups excluding carboxylic acids is 1. The molecule has 168 valence electrons. The Bertz CT molecular complexity index is 1310. The normalized spacial score (nSPS) is 11.7. The summed E-state index contributed by atoms with van der Waals surface area (Å²) in [5, 5.41) is 11.1. The first-order valence-corrected chi connectivity index (χ1v) is 11.1. The molecule has 6 nitrogen and oxygen atoms in total. The van der Waals surface area contributed by atoms with Crippen LogP contribution in [0.15, 0.2) is 72.8 Å². The lowest BCUT2D eigenvalue weighted by Crippen LogP contribution is -2.21. The summed E-state index contributed by atoms with van der Waals surface area (Å²) in [6.07, 6.45) is -1.35. The van der Waals surface area contributed by atoms with E-state index in [2.05, 4.69) is 5.32 Å². The average molecular weight is 484 g/mol. The Morgan fingerprint density at radius 1 is 1.12 bits per heavy atom. The molecule has 3 aromatic carbocycles. The van der Waals surface area contributed by atoms with E-state index in [4.69, 9.17) is 32.2 Å². The highest BCUT2D eigenvalue weighted by atomic mass is 35.5. The highest BCUT2D eigenvalue weighted by Gasteiger charge is 2.19. The maximum Gasteiger partial charge on any atom is 0.411 e. The molecule has 1 atom stereocenters. The van der Waals surface area contributed by atoms with Gasteiger partial charge >= 0.3 is 6.09 Å². The van der Waals surface area contributed by atoms with Gasteiger partial charge in [-0.25, -0.2) is 9.18 Å². The molecule has 0 bridgehead atoms. The first-order valence-electron chi connectivity index (χ1n) is 9.88. The summed E-state index contributed by atoms with van der Waals surface area (Å²) in [6, 6.07) is 20.4. The van der Waals surface area contributed by atoms with Crippen LogP contribution in [0.25, 0.3) is 10.1 Å². The highest BCUT2D eigenvalue weighted by Crippen LogP contribution is 2.35. The Labute approximate surface area is 198 Å². The summed E-state index contributed by atoms with van der Waals surface area (Å²) in [4.78, 5) is 13.0. The van der Waals surface area contributed by atoms with Crippen LogP contribution in [-0.2, 0) is 4.74 Å². The van der Waals surface area contributed by atoms with E-state index >= 15 is 0 Å². The molecule has 0 saturated heterocycles. The Kier molecular flexibility index (Phi) is 6.76. The van der Waals surface area contributed by atoms with Gasteiger partial charge in [-0.1, -0.05) is 48.0 Å². The predicted molar refractivity (Wildman–Crippen MR) is 129 cm³/mol. The van der Waals surface area contributed by atoms with Gasteiger partial charge in [0.05, 0.1) is 15.6 Å². The highest BCUT2D eigenvalue weighted by molar-refractivity contribution is 7.20. The quantitative estimate of drug-likeness (QED) is 0.211. The van der Waals surface area contributed by atoms with Crippen LogP contribution >= 0.6 is 22.9 Å². The number of amidine groups is 1. The molecule has 33 heavy (non-hydrogen) atoms. The Morgan fingerprint density at radius 3 is 2.64 bits per heavy atom. The topological polar surface area (TPSA) is 97.4 Å². The first-order chi connectivity index (χ1) is 15.9. The number of hydrogen-bond donors (Lipinski definition) is 3. The molecule has 1 amide bonds. The van der Waals surface area contributed by atoms with Gasteiger partial charge in [-0.15, -0.1) is 11.3 Å². The van der Waals surface area contributed by atoms with Crippen molar-refractivity contribution in [3.05, 3.63) is 94.1 Å². The van der Waals surface area contributed by atoms with Gasteiger partial charge in [-0.2, -0.15) is 0 Å². The molecule has 1 aromatic heterocycles. The van der Waals surface area contributed by atoms with Crippen LogP contribution in [0.5, 0.6) is 5.75 Å². The molecule has 1 heterocycles. The molecule has 0 saturated carbocycles. The third kappa shape index (κ3) is 5.42. The third-order valence-electron chi connectivity index (χ3n) is 4.76. The summed E-state index contributed by atoms with van der Waals surface area (Å²) in [7, 11) is 0. The number of hydrogen-bond acceptors (Lipinski definition) is 5. The predicted octanol–water partition coefficient (Wildman–Crippen LogP) is 6.35. The zero-order valence-electron chi connectivity index (χ0n) is 17.2. The van der Waals surface area contributed by atoms with Crippen molar-refractivity contribution in [1.82, 2.24) is 0 Å². The molecular formula is C24H19ClFN3O3S. The summed E-state index contributed by atoms with van der Waals surface area (Å²) >= 11 is 7.36. The van der Waals surface area contributed by atoms with Crippen molar-refractivity contribution >= 4 is 50.6 Å². The maximum atomic E-state index is 13.2. The first kappa shape index (κ1) is 22.6. The number of benzene rings is 3. The number of nitrogens with two attached hydrogens (primary N) is 1. The SMILES string of the molecule is N=C(N)c1cc2c(OC(COC(=O)Nc3ccc(F)cc3Cl)c3ccccc3)cccc2s1. The van der Waals surface area contributed by atoms with Crippen molar-refractivity contribution in [2.24, 2.45) is 5.73 Å². The minimum atomic E-state index is -0.749. The summed E-state index contributed by atoms with van der Waals surface area (Å²) in [6.45, 7) is -0.0885. The molecule has 0 radical (unpaired) electrons. The number of amides is 1. The van der Waals surface area contributed by atoms with Crippen LogP contribution in [-0.4, -0.2) is 18.5 Å². The van der Waals surface area contributed by atoms with Crippen LogP contribution in [0.4, 0.5) is 14.9 Å². The van der Waals surface area contributed by atoms with Crippen molar-refractivity contribution in [3.8, 4) is 5.75 Å². The van der Waals surface area contributed by atoms with Crippen LogP contribution in [0.2, 0.25) is 5.02 Å². The third-order valence-corrected chi connectivity index (χ3v) is 6.21. The summed E-state index contributed by atoms with van der Waals surface area (Å²) in [5.41, 5.74) is 6.69. The van der Waals surface area contributed by atoms with Crippen molar-refractivity contribution < 1.29 is 18.7 Å². The fraction of sp³-hybridized carbons (Fsp3) is 0.0833. The van der Waals surface area contributed by atoms with Crippen molar-refractivity contribution in [3.63, 3.8) is 0 Å². The molecule has 0 fully saturated rings. The van der Waals surface area contributed by atoms with Gasteiger partial charge in [0.15, 0.2) is 6.10 Å². The van der Waals surface area contributed by atoms with Crippen molar-refractivity contribution in [2.45, 2.75) is 6.10 Å². The maximum absolute atomic E-state index is 13.2. The molecule has 0 aliphatic heterocycles.